The first-order valence-electron chi connectivity index (χ1n) is 8.76. The molecule has 0 atom stereocenters. The van der Waals surface area contributed by atoms with Crippen molar-refractivity contribution in [1.82, 2.24) is 0 Å². The van der Waals surface area contributed by atoms with E-state index in [1.54, 1.807) is 36.4 Å². The van der Waals surface area contributed by atoms with E-state index in [0.717, 1.165) is 5.56 Å². The van der Waals surface area contributed by atoms with Crippen LogP contribution in [-0.2, 0) is 16.6 Å². The minimum Gasteiger partial charge on any atom is -0.495 e. The number of nitrogens with one attached hydrogen (secondary N) is 1. The maximum atomic E-state index is 13.0. The van der Waals surface area contributed by atoms with Crippen molar-refractivity contribution in [3.8, 4) is 11.5 Å². The quantitative estimate of drug-likeness (QED) is 0.598. The van der Waals surface area contributed by atoms with Crippen LogP contribution in [-0.4, -0.2) is 21.4 Å². The first-order chi connectivity index (χ1) is 14.3. The fourth-order valence-corrected chi connectivity index (χ4v) is 3.42. The Morgan fingerprint density at radius 3 is 2.40 bits per heavy atom. The summed E-state index contributed by atoms with van der Waals surface area (Å²) in [7, 11) is -2.73. The number of sulfonamides is 1. The zero-order valence-corrected chi connectivity index (χ0v) is 16.8. The predicted molar refractivity (Wildman–Crippen MR) is 109 cm³/mol. The van der Waals surface area contributed by atoms with Crippen molar-refractivity contribution in [1.29, 1.82) is 0 Å². The molecule has 0 aliphatic carbocycles. The number of methoxy groups -OCH3 is 1. The van der Waals surface area contributed by atoms with Gasteiger partial charge < -0.3 is 14.8 Å². The Labute approximate surface area is 173 Å². The Balaban J connectivity index is 1.80. The number of anilines is 1. The van der Waals surface area contributed by atoms with E-state index in [9.17, 15) is 17.6 Å². The van der Waals surface area contributed by atoms with Gasteiger partial charge in [-0.05, 0) is 48.0 Å². The summed E-state index contributed by atoms with van der Waals surface area (Å²) >= 11 is 0. The Hall–Kier alpha value is -3.43. The summed E-state index contributed by atoms with van der Waals surface area (Å²) in [4.78, 5) is 12.5. The van der Waals surface area contributed by atoms with Gasteiger partial charge in [0.05, 0.1) is 12.7 Å². The van der Waals surface area contributed by atoms with Crippen LogP contribution in [0, 0.1) is 5.82 Å². The second kappa shape index (κ2) is 8.93. The summed E-state index contributed by atoms with van der Waals surface area (Å²) in [6, 6.07) is 16.5. The SMILES string of the molecule is COc1ccc(NC(=O)c2ccccc2OCc2ccc(F)cc2)cc1S(N)(=O)=O. The fourth-order valence-electron chi connectivity index (χ4n) is 2.70. The molecule has 0 unspecified atom stereocenters. The van der Waals surface area contributed by atoms with E-state index in [4.69, 9.17) is 14.6 Å². The third-order valence-electron chi connectivity index (χ3n) is 4.17. The van der Waals surface area contributed by atoms with Crippen molar-refractivity contribution in [2.75, 3.05) is 12.4 Å². The van der Waals surface area contributed by atoms with Gasteiger partial charge in [0.25, 0.3) is 5.91 Å². The second-order valence-corrected chi connectivity index (χ2v) is 7.81. The number of hydrogen-bond donors (Lipinski definition) is 2. The van der Waals surface area contributed by atoms with Crippen LogP contribution < -0.4 is 19.9 Å². The monoisotopic (exact) mass is 430 g/mol. The molecule has 3 N–H and O–H groups in total. The molecule has 0 saturated carbocycles. The molecule has 0 heterocycles. The molecule has 3 rings (SSSR count). The van der Waals surface area contributed by atoms with Gasteiger partial charge >= 0.3 is 0 Å². The van der Waals surface area contributed by atoms with Crippen LogP contribution in [0.4, 0.5) is 10.1 Å². The lowest BCUT2D eigenvalue weighted by Crippen LogP contribution is -2.16. The van der Waals surface area contributed by atoms with E-state index in [0.29, 0.717) is 5.75 Å². The second-order valence-electron chi connectivity index (χ2n) is 6.28. The lowest BCUT2D eigenvalue weighted by atomic mass is 10.1. The van der Waals surface area contributed by atoms with E-state index in [1.807, 2.05) is 0 Å². The number of halogens is 1. The number of ether oxygens (including phenoxy) is 2. The lowest BCUT2D eigenvalue weighted by molar-refractivity contribution is 0.102. The van der Waals surface area contributed by atoms with Crippen LogP contribution in [0.15, 0.2) is 71.6 Å². The molecule has 0 saturated heterocycles. The van der Waals surface area contributed by atoms with Gasteiger partial charge in [0.15, 0.2) is 0 Å². The van der Waals surface area contributed by atoms with Crippen molar-refractivity contribution in [2.24, 2.45) is 5.14 Å². The molecule has 0 bridgehead atoms. The molecule has 156 valence electrons. The minimum absolute atomic E-state index is 0.0681. The lowest BCUT2D eigenvalue weighted by Gasteiger charge is -2.13. The minimum atomic E-state index is -4.05. The zero-order valence-electron chi connectivity index (χ0n) is 16.0. The molecule has 1 amide bonds. The van der Waals surface area contributed by atoms with Gasteiger partial charge in [-0.15, -0.1) is 0 Å². The largest absolute Gasteiger partial charge is 0.495 e. The van der Waals surface area contributed by atoms with Gasteiger partial charge in [0.2, 0.25) is 10.0 Å². The summed E-state index contributed by atoms with van der Waals surface area (Å²) in [6.45, 7) is 0.142. The zero-order chi connectivity index (χ0) is 21.7. The molecule has 0 spiro atoms. The van der Waals surface area contributed by atoms with Crippen molar-refractivity contribution in [3.05, 3.63) is 83.7 Å². The summed E-state index contributed by atoms with van der Waals surface area (Å²) in [6.07, 6.45) is 0. The van der Waals surface area contributed by atoms with Gasteiger partial charge in [-0.1, -0.05) is 24.3 Å². The highest BCUT2D eigenvalue weighted by Gasteiger charge is 2.18. The molecule has 0 fully saturated rings. The third kappa shape index (κ3) is 5.13. The molecule has 0 radical (unpaired) electrons. The number of benzene rings is 3. The average molecular weight is 430 g/mol. The Kier molecular flexibility index (Phi) is 6.34. The highest BCUT2D eigenvalue weighted by molar-refractivity contribution is 7.89. The van der Waals surface area contributed by atoms with Crippen LogP contribution in [0.5, 0.6) is 11.5 Å². The molecule has 0 aliphatic rings. The van der Waals surface area contributed by atoms with Crippen molar-refractivity contribution < 1.29 is 27.1 Å². The van der Waals surface area contributed by atoms with Crippen LogP contribution in [0.2, 0.25) is 0 Å². The van der Waals surface area contributed by atoms with Crippen molar-refractivity contribution >= 4 is 21.6 Å². The summed E-state index contributed by atoms with van der Waals surface area (Å²) < 4.78 is 47.3. The molecule has 3 aromatic carbocycles. The molecule has 30 heavy (non-hydrogen) atoms. The van der Waals surface area contributed by atoms with Gasteiger partial charge in [0, 0.05) is 5.69 Å². The van der Waals surface area contributed by atoms with E-state index in [1.165, 1.54) is 37.4 Å². The molecule has 0 aliphatic heterocycles. The maximum absolute atomic E-state index is 13.0. The first-order valence-corrected chi connectivity index (χ1v) is 10.3. The average Bonchev–Trinajstić information content (AvgIpc) is 2.73. The number of amides is 1. The van der Waals surface area contributed by atoms with E-state index < -0.39 is 15.9 Å². The molecule has 7 nitrogen and oxygen atoms in total. The number of carbonyl (C=O) groups is 1. The number of hydrogen-bond acceptors (Lipinski definition) is 5. The van der Waals surface area contributed by atoms with E-state index in [2.05, 4.69) is 5.32 Å². The van der Waals surface area contributed by atoms with Crippen molar-refractivity contribution in [2.45, 2.75) is 11.5 Å². The molecular formula is C21H19FN2O5S. The molecule has 0 aromatic heterocycles. The molecule has 9 heteroatoms. The number of nitrogens with two attached hydrogens (primary N) is 1. The van der Waals surface area contributed by atoms with Crippen LogP contribution in [0.3, 0.4) is 0 Å². The molecular weight excluding hydrogens is 411 g/mol. The number of primary sulfonamides is 1. The van der Waals surface area contributed by atoms with Crippen LogP contribution in [0.1, 0.15) is 15.9 Å². The van der Waals surface area contributed by atoms with Gasteiger partial charge in [-0.2, -0.15) is 0 Å². The van der Waals surface area contributed by atoms with E-state index in [-0.39, 0.29) is 34.3 Å². The number of carbonyl (C=O) groups excluding carboxylic acids is 1. The first kappa shape index (κ1) is 21.3. The fraction of sp³-hybridized carbons (Fsp3) is 0.0952. The maximum Gasteiger partial charge on any atom is 0.259 e. The van der Waals surface area contributed by atoms with Crippen LogP contribution in [0.25, 0.3) is 0 Å². The van der Waals surface area contributed by atoms with Gasteiger partial charge in [-0.3, -0.25) is 4.79 Å². The van der Waals surface area contributed by atoms with Gasteiger partial charge in [0.1, 0.15) is 28.8 Å². The number of rotatable bonds is 7. The van der Waals surface area contributed by atoms with Crippen molar-refractivity contribution in [3.63, 3.8) is 0 Å². The smallest absolute Gasteiger partial charge is 0.259 e. The summed E-state index contributed by atoms with van der Waals surface area (Å²) in [5, 5.41) is 7.83. The third-order valence-corrected chi connectivity index (χ3v) is 5.10. The molecule has 3 aromatic rings. The highest BCUT2D eigenvalue weighted by Crippen LogP contribution is 2.27. The topological polar surface area (TPSA) is 108 Å². The van der Waals surface area contributed by atoms with Gasteiger partial charge in [-0.25, -0.2) is 17.9 Å². The van der Waals surface area contributed by atoms with Crippen LogP contribution >= 0.6 is 0 Å². The number of para-hydroxylation sites is 1. The summed E-state index contributed by atoms with van der Waals surface area (Å²) in [5.74, 6) is -0.467. The Bertz CT molecular complexity index is 1160. The van der Waals surface area contributed by atoms with E-state index >= 15 is 0 Å². The Morgan fingerprint density at radius 1 is 1.03 bits per heavy atom. The predicted octanol–water partition coefficient (Wildman–Crippen LogP) is 3.31. The normalized spacial score (nSPS) is 11.0. The standard InChI is InChI=1S/C21H19FN2O5S/c1-28-19-11-10-16(12-20(19)30(23,26)27)24-21(25)17-4-2-3-5-18(17)29-13-14-6-8-15(22)9-7-14/h2-12H,13H2,1H3,(H,24,25)(H2,23,26,27). The summed E-state index contributed by atoms with van der Waals surface area (Å²) in [5.41, 5.74) is 1.20. The Morgan fingerprint density at radius 2 is 1.73 bits per heavy atom. The highest BCUT2D eigenvalue weighted by atomic mass is 32.2.